The lowest BCUT2D eigenvalue weighted by Crippen LogP contribution is -2.72. The maximum absolute atomic E-state index is 13.1. The van der Waals surface area contributed by atoms with Crippen molar-refractivity contribution in [1.29, 1.82) is 0 Å². The third-order valence-electron chi connectivity index (χ3n) is 5.97. The summed E-state index contributed by atoms with van der Waals surface area (Å²) in [5, 5.41) is 14.8. The van der Waals surface area contributed by atoms with Crippen LogP contribution in [0.1, 0.15) is 6.42 Å². The number of amides is 3. The summed E-state index contributed by atoms with van der Waals surface area (Å²) >= 11 is 0. The van der Waals surface area contributed by atoms with Crippen LogP contribution in [0.15, 0.2) is 84.9 Å². The molecule has 0 radical (unpaired) electrons. The van der Waals surface area contributed by atoms with Gasteiger partial charge in [-0.2, -0.15) is 0 Å². The lowest BCUT2D eigenvalue weighted by molar-refractivity contribution is -0.144. The van der Waals surface area contributed by atoms with Gasteiger partial charge in [0.25, 0.3) is 0 Å². The van der Waals surface area contributed by atoms with Gasteiger partial charge in [-0.25, -0.2) is 0 Å². The summed E-state index contributed by atoms with van der Waals surface area (Å²) in [6.45, 7) is 0. The van der Waals surface area contributed by atoms with E-state index in [1.54, 1.807) is 24.3 Å². The molecule has 0 saturated carbocycles. The fourth-order valence-electron chi connectivity index (χ4n) is 4.32. The van der Waals surface area contributed by atoms with Crippen molar-refractivity contribution in [3.8, 4) is 11.5 Å². The van der Waals surface area contributed by atoms with Crippen LogP contribution in [0.25, 0.3) is 0 Å². The first-order chi connectivity index (χ1) is 17.0. The second-order valence-electron chi connectivity index (χ2n) is 8.43. The van der Waals surface area contributed by atoms with Gasteiger partial charge in [0, 0.05) is 17.8 Å². The Hall–Kier alpha value is -4.37. The fourth-order valence-corrected chi connectivity index (χ4v) is 4.32. The van der Waals surface area contributed by atoms with Gasteiger partial charge in [-0.3, -0.25) is 19.7 Å². The zero-order chi connectivity index (χ0) is 24.2. The van der Waals surface area contributed by atoms with E-state index in [4.69, 9.17) is 4.74 Å². The Labute approximate surface area is 202 Å². The van der Waals surface area contributed by atoms with Crippen molar-refractivity contribution in [3.05, 3.63) is 84.9 Å². The number of hydrogen-bond donors (Lipinski definition) is 5. The van der Waals surface area contributed by atoms with Crippen LogP contribution in [-0.4, -0.2) is 30.2 Å². The van der Waals surface area contributed by atoms with E-state index in [0.29, 0.717) is 17.2 Å². The number of ether oxygens (including phenoxy) is 1. The number of para-hydroxylation sites is 2. The van der Waals surface area contributed by atoms with Crippen LogP contribution in [0, 0.1) is 11.8 Å². The van der Waals surface area contributed by atoms with Gasteiger partial charge in [0.05, 0.1) is 18.0 Å². The van der Waals surface area contributed by atoms with E-state index in [1.807, 2.05) is 60.7 Å². The van der Waals surface area contributed by atoms with Gasteiger partial charge in [-0.1, -0.05) is 36.4 Å². The Balaban J connectivity index is 1.24. The first-order valence-electron chi connectivity index (χ1n) is 11.4. The molecule has 178 valence electrons. The minimum Gasteiger partial charge on any atom is -0.457 e. The molecule has 0 aromatic heterocycles. The van der Waals surface area contributed by atoms with Crippen molar-refractivity contribution in [2.75, 3.05) is 10.6 Å². The normalized spacial score (nSPS) is 23.3. The zero-order valence-corrected chi connectivity index (χ0v) is 18.7. The molecule has 3 aromatic carbocycles. The van der Waals surface area contributed by atoms with E-state index in [1.165, 1.54) is 0 Å². The Kier molecular flexibility index (Phi) is 6.32. The Morgan fingerprint density at radius 3 is 2.17 bits per heavy atom. The molecule has 5 rings (SSSR count). The third-order valence-corrected chi connectivity index (χ3v) is 5.97. The smallest absolute Gasteiger partial charge is 0.229 e. The van der Waals surface area contributed by atoms with E-state index in [0.717, 1.165) is 5.69 Å². The molecule has 0 spiro atoms. The molecular formula is C26H25N5O4. The molecule has 2 heterocycles. The third kappa shape index (κ3) is 5.25. The molecule has 0 aliphatic carbocycles. The summed E-state index contributed by atoms with van der Waals surface area (Å²) in [6.07, 6.45) is -1.34. The molecule has 2 saturated heterocycles. The maximum Gasteiger partial charge on any atom is 0.229 e. The lowest BCUT2D eigenvalue weighted by Gasteiger charge is -2.43. The second-order valence-corrected chi connectivity index (χ2v) is 8.43. The summed E-state index contributed by atoms with van der Waals surface area (Å²) in [6, 6.07) is 25.7. The van der Waals surface area contributed by atoms with Gasteiger partial charge >= 0.3 is 0 Å². The van der Waals surface area contributed by atoms with Gasteiger partial charge in [0.15, 0.2) is 6.29 Å². The highest BCUT2D eigenvalue weighted by atomic mass is 16.5. The van der Waals surface area contributed by atoms with Crippen molar-refractivity contribution < 1.29 is 19.1 Å². The van der Waals surface area contributed by atoms with Crippen LogP contribution in [0.4, 0.5) is 11.4 Å². The quantitative estimate of drug-likeness (QED) is 0.377. The van der Waals surface area contributed by atoms with Crippen molar-refractivity contribution in [2.24, 2.45) is 11.8 Å². The number of fused-ring (bicyclic) bond motifs is 1. The van der Waals surface area contributed by atoms with Crippen molar-refractivity contribution in [3.63, 3.8) is 0 Å². The van der Waals surface area contributed by atoms with Crippen molar-refractivity contribution >= 4 is 29.1 Å². The summed E-state index contributed by atoms with van der Waals surface area (Å²) in [4.78, 5) is 38.5. The first kappa shape index (κ1) is 22.4. The SMILES string of the molecule is O=C1CC(C(=O)Nc2ccc(Oc3ccccc3)cc2)C2C(=O)NC(Nc3ccccc3)NC2N1. The molecule has 4 atom stereocenters. The second kappa shape index (κ2) is 9.86. The zero-order valence-electron chi connectivity index (χ0n) is 18.7. The molecule has 2 aliphatic heterocycles. The topological polar surface area (TPSA) is 121 Å². The van der Waals surface area contributed by atoms with E-state index in [-0.39, 0.29) is 18.2 Å². The molecule has 4 unspecified atom stereocenters. The number of nitrogens with one attached hydrogen (secondary N) is 5. The highest BCUT2D eigenvalue weighted by Crippen LogP contribution is 2.29. The standard InChI is InChI=1S/C26H25N5O4/c32-21-15-20(22-23(29-21)30-26(31-25(22)34)28-16-7-3-1-4-8-16)24(33)27-17-11-13-19(14-12-17)35-18-9-5-2-6-10-18/h1-14,20,22-23,26,28,30H,15H2,(H,27,33)(H,29,32)(H,31,34). The molecule has 2 aliphatic rings. The number of piperidine rings is 1. The molecule has 5 N–H and O–H groups in total. The number of anilines is 2. The number of hydrogen-bond acceptors (Lipinski definition) is 6. The molecule has 2 fully saturated rings. The van der Waals surface area contributed by atoms with Gasteiger partial charge in [-0.05, 0) is 48.5 Å². The van der Waals surface area contributed by atoms with Crippen LogP contribution in [-0.2, 0) is 14.4 Å². The van der Waals surface area contributed by atoms with Gasteiger partial charge in [-0.15, -0.1) is 0 Å². The monoisotopic (exact) mass is 471 g/mol. The molecular weight excluding hydrogens is 446 g/mol. The molecule has 3 amide bonds. The van der Waals surface area contributed by atoms with Gasteiger partial charge in [0.1, 0.15) is 11.5 Å². The number of rotatable bonds is 6. The lowest BCUT2D eigenvalue weighted by atomic mass is 9.81. The molecule has 9 nitrogen and oxygen atoms in total. The molecule has 9 heteroatoms. The number of carbonyl (C=O) groups is 3. The Bertz CT molecular complexity index is 1200. The number of carbonyl (C=O) groups excluding carboxylic acids is 3. The molecule has 3 aromatic rings. The summed E-state index contributed by atoms with van der Waals surface area (Å²) in [5.74, 6) is -1.23. The van der Waals surface area contributed by atoms with Crippen LogP contribution >= 0.6 is 0 Å². The van der Waals surface area contributed by atoms with Crippen LogP contribution in [0.2, 0.25) is 0 Å². The Morgan fingerprint density at radius 1 is 0.800 bits per heavy atom. The highest BCUT2D eigenvalue weighted by molar-refractivity contribution is 6.00. The first-order valence-corrected chi connectivity index (χ1v) is 11.4. The van der Waals surface area contributed by atoms with E-state index in [2.05, 4.69) is 26.6 Å². The minimum atomic E-state index is -0.820. The van der Waals surface area contributed by atoms with E-state index in [9.17, 15) is 14.4 Å². The predicted molar refractivity (Wildman–Crippen MR) is 130 cm³/mol. The van der Waals surface area contributed by atoms with Crippen LogP contribution in [0.3, 0.4) is 0 Å². The minimum absolute atomic E-state index is 0.0753. The van der Waals surface area contributed by atoms with Gasteiger partial charge in [0.2, 0.25) is 17.7 Å². The van der Waals surface area contributed by atoms with E-state index >= 15 is 0 Å². The van der Waals surface area contributed by atoms with E-state index < -0.39 is 30.2 Å². The average Bonchev–Trinajstić information content (AvgIpc) is 2.86. The molecule has 0 bridgehead atoms. The van der Waals surface area contributed by atoms with Crippen LogP contribution < -0.4 is 31.3 Å². The van der Waals surface area contributed by atoms with Crippen molar-refractivity contribution in [1.82, 2.24) is 16.0 Å². The largest absolute Gasteiger partial charge is 0.457 e. The van der Waals surface area contributed by atoms with Gasteiger partial charge < -0.3 is 26.0 Å². The summed E-state index contributed by atoms with van der Waals surface area (Å²) in [7, 11) is 0. The summed E-state index contributed by atoms with van der Waals surface area (Å²) in [5.41, 5.74) is 1.35. The highest BCUT2D eigenvalue weighted by Gasteiger charge is 2.48. The predicted octanol–water partition coefficient (Wildman–Crippen LogP) is 2.61. The number of benzene rings is 3. The maximum atomic E-state index is 13.1. The Morgan fingerprint density at radius 2 is 1.46 bits per heavy atom. The summed E-state index contributed by atoms with van der Waals surface area (Å²) < 4.78 is 5.77. The molecule has 35 heavy (non-hydrogen) atoms. The average molecular weight is 472 g/mol. The van der Waals surface area contributed by atoms with Crippen molar-refractivity contribution in [2.45, 2.75) is 18.9 Å². The fraction of sp³-hybridized carbons (Fsp3) is 0.192. The van der Waals surface area contributed by atoms with Crippen LogP contribution in [0.5, 0.6) is 11.5 Å².